The Balaban J connectivity index is 1.31. The lowest BCUT2D eigenvalue weighted by Crippen LogP contribution is -2.25. The average molecular weight is 413 g/mol. The van der Waals surface area contributed by atoms with Gasteiger partial charge in [-0.25, -0.2) is 4.39 Å². The molecule has 2 aliphatic rings. The van der Waals surface area contributed by atoms with Gasteiger partial charge in [0.2, 0.25) is 5.91 Å². The number of nitrogens with one attached hydrogen (secondary N) is 1. The lowest BCUT2D eigenvalue weighted by atomic mass is 10.1. The van der Waals surface area contributed by atoms with Crippen LogP contribution in [0, 0.1) is 11.7 Å². The highest BCUT2D eigenvalue weighted by atomic mass is 19.1. The normalized spacial score (nSPS) is 19.4. The molecule has 5 nitrogen and oxygen atoms in total. The van der Waals surface area contributed by atoms with E-state index in [1.807, 2.05) is 37.3 Å². The van der Waals surface area contributed by atoms with Gasteiger partial charge in [0.1, 0.15) is 11.9 Å². The van der Waals surface area contributed by atoms with Gasteiger partial charge < -0.3 is 19.7 Å². The number of benzene rings is 2. The molecule has 0 radical (unpaired) electrons. The fourth-order valence-corrected chi connectivity index (χ4v) is 3.77. The molecule has 6 heteroatoms. The third-order valence-corrected chi connectivity index (χ3v) is 5.70. The largest absolute Gasteiger partial charge is 0.490 e. The highest BCUT2D eigenvalue weighted by molar-refractivity contribution is 5.73. The molecule has 2 fully saturated rings. The van der Waals surface area contributed by atoms with E-state index < -0.39 is 0 Å². The summed E-state index contributed by atoms with van der Waals surface area (Å²) in [5.41, 5.74) is 1.89. The Morgan fingerprint density at radius 3 is 2.63 bits per heavy atom. The molecular formula is C24H29FN2O3. The lowest BCUT2D eigenvalue weighted by Gasteiger charge is -2.20. The minimum absolute atomic E-state index is 0.0374. The van der Waals surface area contributed by atoms with Crippen LogP contribution >= 0.6 is 0 Å². The van der Waals surface area contributed by atoms with Crippen molar-refractivity contribution in [2.24, 2.45) is 5.92 Å². The Kier molecular flexibility index (Phi) is 6.11. The van der Waals surface area contributed by atoms with Gasteiger partial charge in [0.25, 0.3) is 0 Å². The summed E-state index contributed by atoms with van der Waals surface area (Å²) in [6, 6.07) is 13.0. The Bertz CT molecular complexity index is 883. The van der Waals surface area contributed by atoms with Crippen LogP contribution in [0.5, 0.6) is 11.5 Å². The number of halogens is 1. The van der Waals surface area contributed by atoms with Crippen LogP contribution in [0.15, 0.2) is 42.5 Å². The first-order valence-electron chi connectivity index (χ1n) is 10.7. The van der Waals surface area contributed by atoms with E-state index in [9.17, 15) is 9.18 Å². The van der Waals surface area contributed by atoms with Crippen LogP contribution in [0.1, 0.15) is 44.7 Å². The van der Waals surface area contributed by atoms with Gasteiger partial charge in [-0.1, -0.05) is 12.1 Å². The van der Waals surface area contributed by atoms with Crippen LogP contribution < -0.4 is 19.7 Å². The molecule has 1 saturated heterocycles. The molecule has 4 rings (SSSR count). The number of anilines is 1. The molecule has 2 atom stereocenters. The molecule has 0 bridgehead atoms. The molecule has 1 aliphatic carbocycles. The zero-order valence-corrected chi connectivity index (χ0v) is 17.6. The molecule has 1 saturated carbocycles. The third-order valence-electron chi connectivity index (χ3n) is 5.70. The van der Waals surface area contributed by atoms with E-state index in [-0.39, 0.29) is 23.9 Å². The summed E-state index contributed by atoms with van der Waals surface area (Å²) in [7, 11) is 0. The number of carbonyl (C=O) groups is 1. The topological polar surface area (TPSA) is 50.8 Å². The Labute approximate surface area is 177 Å². The van der Waals surface area contributed by atoms with Gasteiger partial charge in [-0.05, 0) is 55.5 Å². The van der Waals surface area contributed by atoms with Crippen molar-refractivity contribution in [3.63, 3.8) is 0 Å². The van der Waals surface area contributed by atoms with Gasteiger partial charge in [-0.15, -0.1) is 0 Å². The van der Waals surface area contributed by atoms with Gasteiger partial charge in [-0.3, -0.25) is 4.79 Å². The molecule has 1 amide bonds. The predicted octanol–water partition coefficient (Wildman–Crippen LogP) is 4.47. The molecule has 0 unspecified atom stereocenters. The first-order chi connectivity index (χ1) is 14.5. The minimum atomic E-state index is -0.304. The fraction of sp³-hybridized carbons (Fsp3) is 0.458. The first kappa shape index (κ1) is 20.5. The summed E-state index contributed by atoms with van der Waals surface area (Å²) in [5, 5.41) is 2.87. The zero-order chi connectivity index (χ0) is 21.1. The molecule has 1 N–H and O–H groups in total. The van der Waals surface area contributed by atoms with Crippen molar-refractivity contribution in [3.05, 3.63) is 53.8 Å². The van der Waals surface area contributed by atoms with Crippen LogP contribution in [0.25, 0.3) is 0 Å². The number of hydrogen-bond acceptors (Lipinski definition) is 4. The quantitative estimate of drug-likeness (QED) is 0.695. The lowest BCUT2D eigenvalue weighted by molar-refractivity contribution is -0.119. The number of carbonyl (C=O) groups excluding carboxylic acids is 1. The van der Waals surface area contributed by atoms with E-state index in [2.05, 4.69) is 10.2 Å². The summed E-state index contributed by atoms with van der Waals surface area (Å²) in [6.45, 7) is 5.61. The highest BCUT2D eigenvalue weighted by Crippen LogP contribution is 2.32. The predicted molar refractivity (Wildman–Crippen MR) is 115 cm³/mol. The van der Waals surface area contributed by atoms with Crippen LogP contribution in [0.3, 0.4) is 0 Å². The van der Waals surface area contributed by atoms with E-state index in [1.165, 1.54) is 19.8 Å². The summed E-state index contributed by atoms with van der Waals surface area (Å²) in [4.78, 5) is 13.3. The van der Waals surface area contributed by atoms with Crippen molar-refractivity contribution in [1.29, 1.82) is 0 Å². The summed E-state index contributed by atoms with van der Waals surface area (Å²) in [5.74, 6) is 1.39. The molecule has 30 heavy (non-hydrogen) atoms. The van der Waals surface area contributed by atoms with Gasteiger partial charge in [0.05, 0.1) is 19.2 Å². The monoisotopic (exact) mass is 412 g/mol. The molecule has 1 aliphatic heterocycles. The fourth-order valence-electron chi connectivity index (χ4n) is 3.77. The maximum absolute atomic E-state index is 14.4. The third kappa shape index (κ3) is 5.23. The number of ether oxygens (including phenoxy) is 2. The summed E-state index contributed by atoms with van der Waals surface area (Å²) in [6.07, 6.45) is 3.31. The van der Waals surface area contributed by atoms with E-state index in [0.29, 0.717) is 24.8 Å². The van der Waals surface area contributed by atoms with Crippen LogP contribution in [-0.4, -0.2) is 31.7 Å². The second kappa shape index (κ2) is 8.94. The second-order valence-electron chi connectivity index (χ2n) is 8.33. The second-order valence-corrected chi connectivity index (χ2v) is 8.33. The van der Waals surface area contributed by atoms with Crippen molar-refractivity contribution in [3.8, 4) is 11.5 Å². The summed E-state index contributed by atoms with van der Waals surface area (Å²) < 4.78 is 26.1. The van der Waals surface area contributed by atoms with Crippen molar-refractivity contribution >= 4 is 11.6 Å². The van der Waals surface area contributed by atoms with Gasteiger partial charge in [0, 0.05) is 31.6 Å². The SMILES string of the molecule is CC(=O)N[C@@H](C)c1ccc(O[C@@H]2CCN(c3ccc(OCC4CC4)c(F)c3)C2)cc1. The van der Waals surface area contributed by atoms with Crippen molar-refractivity contribution in [2.75, 3.05) is 24.6 Å². The first-order valence-corrected chi connectivity index (χ1v) is 10.7. The highest BCUT2D eigenvalue weighted by Gasteiger charge is 2.26. The number of hydrogen-bond donors (Lipinski definition) is 1. The Morgan fingerprint density at radius 2 is 1.97 bits per heavy atom. The molecule has 160 valence electrons. The molecule has 1 heterocycles. The molecule has 0 aromatic heterocycles. The molecule has 2 aromatic rings. The maximum atomic E-state index is 14.4. The van der Waals surface area contributed by atoms with Gasteiger partial charge in [0.15, 0.2) is 11.6 Å². The molecule has 2 aromatic carbocycles. The average Bonchev–Trinajstić information content (AvgIpc) is 3.43. The van der Waals surface area contributed by atoms with Gasteiger partial charge in [-0.2, -0.15) is 0 Å². The summed E-state index contributed by atoms with van der Waals surface area (Å²) >= 11 is 0. The molecule has 0 spiro atoms. The smallest absolute Gasteiger partial charge is 0.217 e. The minimum Gasteiger partial charge on any atom is -0.490 e. The van der Waals surface area contributed by atoms with Crippen LogP contribution in [0.4, 0.5) is 10.1 Å². The van der Waals surface area contributed by atoms with Crippen molar-refractivity contribution in [1.82, 2.24) is 5.32 Å². The zero-order valence-electron chi connectivity index (χ0n) is 17.6. The van der Waals surface area contributed by atoms with Gasteiger partial charge >= 0.3 is 0 Å². The number of nitrogens with zero attached hydrogens (tertiary/aromatic N) is 1. The molecular weight excluding hydrogens is 383 g/mol. The van der Waals surface area contributed by atoms with Crippen molar-refractivity contribution < 1.29 is 18.7 Å². The number of rotatable bonds is 8. The van der Waals surface area contributed by atoms with E-state index >= 15 is 0 Å². The maximum Gasteiger partial charge on any atom is 0.217 e. The van der Waals surface area contributed by atoms with E-state index in [1.54, 1.807) is 12.1 Å². The van der Waals surface area contributed by atoms with E-state index in [4.69, 9.17) is 9.47 Å². The number of amides is 1. The van der Waals surface area contributed by atoms with Crippen molar-refractivity contribution in [2.45, 2.75) is 45.3 Å². The standard InChI is InChI=1S/C24H29FN2O3/c1-16(26-17(2)28)19-5-8-21(9-6-19)30-22-11-12-27(14-22)20-7-10-24(23(25)13-20)29-15-18-3-4-18/h5-10,13,16,18,22H,3-4,11-12,14-15H2,1-2H3,(H,26,28)/t16-,22+/m0/s1. The Hall–Kier alpha value is -2.76. The van der Waals surface area contributed by atoms with Crippen LogP contribution in [-0.2, 0) is 4.79 Å². The Morgan fingerprint density at radius 1 is 1.20 bits per heavy atom. The van der Waals surface area contributed by atoms with E-state index in [0.717, 1.165) is 30.0 Å². The van der Waals surface area contributed by atoms with Crippen LogP contribution in [0.2, 0.25) is 0 Å².